The minimum atomic E-state index is 0.475. The van der Waals surface area contributed by atoms with Gasteiger partial charge in [-0.25, -0.2) is 9.97 Å². The summed E-state index contributed by atoms with van der Waals surface area (Å²) in [5.41, 5.74) is 1.08. The summed E-state index contributed by atoms with van der Waals surface area (Å²) in [5.74, 6) is 1.86. The van der Waals surface area contributed by atoms with Gasteiger partial charge in [0.05, 0.1) is 5.69 Å². The molecule has 2 N–H and O–H groups in total. The van der Waals surface area contributed by atoms with Gasteiger partial charge in [0, 0.05) is 45.0 Å². The van der Waals surface area contributed by atoms with Crippen molar-refractivity contribution in [2.45, 2.75) is 25.4 Å². The SMILES string of the molecule is CNc1cc(N2CCC[C@H]2CNCc2ccccn2)ncn1. The van der Waals surface area contributed by atoms with Crippen LogP contribution in [0, 0.1) is 0 Å². The molecule has 0 aromatic carbocycles. The van der Waals surface area contributed by atoms with Crippen molar-refractivity contribution in [3.63, 3.8) is 0 Å². The summed E-state index contributed by atoms with van der Waals surface area (Å²) < 4.78 is 0. The lowest BCUT2D eigenvalue weighted by molar-refractivity contribution is 0.566. The molecule has 0 aliphatic carbocycles. The first-order valence-corrected chi connectivity index (χ1v) is 7.74. The summed E-state index contributed by atoms with van der Waals surface area (Å²) in [7, 11) is 1.88. The predicted octanol–water partition coefficient (Wildman–Crippen LogP) is 1.67. The van der Waals surface area contributed by atoms with Crippen LogP contribution in [0.4, 0.5) is 11.6 Å². The standard InChI is InChI=1S/C16H22N6/c1-17-15-9-16(21-12-20-15)22-8-4-6-14(22)11-18-10-13-5-2-3-7-19-13/h2-3,5,7,9,12,14,18H,4,6,8,10-11H2,1H3,(H,17,20,21)/t14-/m0/s1. The number of hydrogen-bond acceptors (Lipinski definition) is 6. The third kappa shape index (κ3) is 3.51. The van der Waals surface area contributed by atoms with Crippen molar-refractivity contribution in [2.75, 3.05) is 30.4 Å². The molecule has 0 unspecified atom stereocenters. The van der Waals surface area contributed by atoms with Crippen LogP contribution in [0.1, 0.15) is 18.5 Å². The van der Waals surface area contributed by atoms with Crippen molar-refractivity contribution >= 4 is 11.6 Å². The van der Waals surface area contributed by atoms with E-state index in [1.807, 2.05) is 37.5 Å². The fourth-order valence-corrected chi connectivity index (χ4v) is 2.86. The van der Waals surface area contributed by atoms with Crippen molar-refractivity contribution in [3.05, 3.63) is 42.5 Å². The molecular weight excluding hydrogens is 276 g/mol. The topological polar surface area (TPSA) is 66.0 Å². The Morgan fingerprint density at radius 3 is 3.05 bits per heavy atom. The molecule has 22 heavy (non-hydrogen) atoms. The highest BCUT2D eigenvalue weighted by Gasteiger charge is 2.25. The lowest BCUT2D eigenvalue weighted by Gasteiger charge is -2.26. The molecule has 0 radical (unpaired) electrons. The van der Waals surface area contributed by atoms with E-state index in [-0.39, 0.29) is 0 Å². The maximum absolute atomic E-state index is 4.42. The number of rotatable bonds is 6. The van der Waals surface area contributed by atoms with Crippen LogP contribution >= 0.6 is 0 Å². The van der Waals surface area contributed by atoms with E-state index in [2.05, 4.69) is 30.5 Å². The summed E-state index contributed by atoms with van der Waals surface area (Å²) in [6.45, 7) is 2.79. The molecule has 116 valence electrons. The van der Waals surface area contributed by atoms with Gasteiger partial charge in [0.1, 0.15) is 18.0 Å². The van der Waals surface area contributed by atoms with Gasteiger partial charge in [0.25, 0.3) is 0 Å². The van der Waals surface area contributed by atoms with Gasteiger partial charge in [0.2, 0.25) is 0 Å². The zero-order chi connectivity index (χ0) is 15.2. The van der Waals surface area contributed by atoms with Crippen LogP contribution in [0.3, 0.4) is 0 Å². The lowest BCUT2D eigenvalue weighted by Crippen LogP contribution is -2.38. The van der Waals surface area contributed by atoms with Crippen LogP contribution in [-0.2, 0) is 6.54 Å². The quantitative estimate of drug-likeness (QED) is 0.846. The number of nitrogens with one attached hydrogen (secondary N) is 2. The average Bonchev–Trinajstić information content (AvgIpc) is 3.04. The maximum Gasteiger partial charge on any atom is 0.134 e. The second-order valence-electron chi connectivity index (χ2n) is 5.45. The van der Waals surface area contributed by atoms with E-state index < -0.39 is 0 Å². The molecule has 0 amide bonds. The van der Waals surface area contributed by atoms with E-state index in [0.29, 0.717) is 6.04 Å². The molecule has 1 aliphatic rings. The first-order valence-electron chi connectivity index (χ1n) is 7.74. The minimum Gasteiger partial charge on any atom is -0.373 e. The molecular formula is C16H22N6. The number of anilines is 2. The first kappa shape index (κ1) is 14.7. The number of nitrogens with zero attached hydrogens (tertiary/aromatic N) is 4. The van der Waals surface area contributed by atoms with Crippen LogP contribution in [0.2, 0.25) is 0 Å². The highest BCUT2D eigenvalue weighted by atomic mass is 15.2. The van der Waals surface area contributed by atoms with Gasteiger partial charge >= 0.3 is 0 Å². The third-order valence-electron chi connectivity index (χ3n) is 3.99. The van der Waals surface area contributed by atoms with E-state index in [9.17, 15) is 0 Å². The molecule has 1 atom stereocenters. The molecule has 3 heterocycles. The zero-order valence-corrected chi connectivity index (χ0v) is 12.9. The Bertz CT molecular complexity index is 588. The third-order valence-corrected chi connectivity index (χ3v) is 3.99. The number of aromatic nitrogens is 3. The van der Waals surface area contributed by atoms with Crippen molar-refractivity contribution in [1.29, 1.82) is 0 Å². The zero-order valence-electron chi connectivity index (χ0n) is 12.9. The Balaban J connectivity index is 1.58. The molecule has 0 spiro atoms. The average molecular weight is 298 g/mol. The number of hydrogen-bond donors (Lipinski definition) is 2. The molecule has 6 nitrogen and oxygen atoms in total. The maximum atomic E-state index is 4.42. The normalized spacial score (nSPS) is 17.7. The largest absolute Gasteiger partial charge is 0.373 e. The Kier molecular flexibility index (Phi) is 4.80. The summed E-state index contributed by atoms with van der Waals surface area (Å²) in [5, 5.41) is 6.58. The Labute approximate surface area is 131 Å². The molecule has 6 heteroatoms. The van der Waals surface area contributed by atoms with Crippen molar-refractivity contribution in [2.24, 2.45) is 0 Å². The molecule has 1 fully saturated rings. The molecule has 0 bridgehead atoms. The van der Waals surface area contributed by atoms with Crippen LogP contribution in [0.15, 0.2) is 36.8 Å². The lowest BCUT2D eigenvalue weighted by atomic mass is 10.2. The summed E-state index contributed by atoms with van der Waals surface area (Å²) in [6.07, 6.45) is 5.85. The van der Waals surface area contributed by atoms with Crippen molar-refractivity contribution in [1.82, 2.24) is 20.3 Å². The molecule has 1 saturated heterocycles. The fraction of sp³-hybridized carbons (Fsp3) is 0.438. The van der Waals surface area contributed by atoms with Gasteiger partial charge in [-0.05, 0) is 25.0 Å². The molecule has 2 aromatic heterocycles. The van der Waals surface area contributed by atoms with E-state index in [0.717, 1.165) is 37.0 Å². The Hall–Kier alpha value is -2.21. The Morgan fingerprint density at radius 1 is 1.27 bits per heavy atom. The molecule has 2 aromatic rings. The van der Waals surface area contributed by atoms with E-state index >= 15 is 0 Å². The summed E-state index contributed by atoms with van der Waals surface area (Å²) in [6, 6.07) is 8.49. The van der Waals surface area contributed by atoms with Crippen LogP contribution in [0.5, 0.6) is 0 Å². The summed E-state index contributed by atoms with van der Waals surface area (Å²) >= 11 is 0. The van der Waals surface area contributed by atoms with Gasteiger partial charge in [-0.1, -0.05) is 6.07 Å². The second kappa shape index (κ2) is 7.17. The smallest absolute Gasteiger partial charge is 0.134 e. The highest BCUT2D eigenvalue weighted by molar-refractivity contribution is 5.49. The van der Waals surface area contributed by atoms with Gasteiger partial charge in [0.15, 0.2) is 0 Å². The molecule has 1 aliphatic heterocycles. The van der Waals surface area contributed by atoms with Crippen molar-refractivity contribution in [3.8, 4) is 0 Å². The van der Waals surface area contributed by atoms with Gasteiger partial charge < -0.3 is 15.5 Å². The van der Waals surface area contributed by atoms with Crippen LogP contribution < -0.4 is 15.5 Å². The van der Waals surface area contributed by atoms with E-state index in [1.54, 1.807) is 6.33 Å². The van der Waals surface area contributed by atoms with Crippen molar-refractivity contribution < 1.29 is 0 Å². The Morgan fingerprint density at radius 2 is 2.23 bits per heavy atom. The van der Waals surface area contributed by atoms with Gasteiger partial charge in [-0.15, -0.1) is 0 Å². The second-order valence-corrected chi connectivity index (χ2v) is 5.45. The van der Waals surface area contributed by atoms with E-state index in [4.69, 9.17) is 0 Å². The van der Waals surface area contributed by atoms with Crippen LogP contribution in [-0.4, -0.2) is 41.1 Å². The van der Waals surface area contributed by atoms with E-state index in [1.165, 1.54) is 12.8 Å². The summed E-state index contributed by atoms with van der Waals surface area (Å²) in [4.78, 5) is 15.3. The fourth-order valence-electron chi connectivity index (χ4n) is 2.86. The first-order chi connectivity index (χ1) is 10.9. The monoisotopic (exact) mass is 298 g/mol. The number of pyridine rings is 1. The molecule has 3 rings (SSSR count). The van der Waals surface area contributed by atoms with Crippen LogP contribution in [0.25, 0.3) is 0 Å². The minimum absolute atomic E-state index is 0.475. The highest BCUT2D eigenvalue weighted by Crippen LogP contribution is 2.24. The van der Waals surface area contributed by atoms with Gasteiger partial charge in [-0.2, -0.15) is 0 Å². The predicted molar refractivity (Wildman–Crippen MR) is 87.9 cm³/mol. The van der Waals surface area contributed by atoms with Gasteiger partial charge in [-0.3, -0.25) is 4.98 Å². The molecule has 0 saturated carbocycles.